The molecule has 0 unspecified atom stereocenters. The number of hydrogen-bond acceptors (Lipinski definition) is 4. The van der Waals surface area contributed by atoms with E-state index in [0.717, 1.165) is 29.1 Å². The van der Waals surface area contributed by atoms with Crippen molar-refractivity contribution >= 4 is 17.2 Å². The van der Waals surface area contributed by atoms with E-state index in [1.165, 1.54) is 23.5 Å². The molecule has 0 spiro atoms. The van der Waals surface area contributed by atoms with Gasteiger partial charge in [-0.1, -0.05) is 12.1 Å². The van der Waals surface area contributed by atoms with Crippen molar-refractivity contribution in [1.29, 1.82) is 0 Å². The third-order valence-electron chi connectivity index (χ3n) is 3.89. The smallest absolute Gasteiger partial charge is 0.226 e. The Labute approximate surface area is 138 Å². The molecular weight excluding hydrogens is 315 g/mol. The van der Waals surface area contributed by atoms with E-state index in [4.69, 9.17) is 4.74 Å². The van der Waals surface area contributed by atoms with Gasteiger partial charge < -0.3 is 10.1 Å². The Kier molecular flexibility index (Phi) is 5.03. The lowest BCUT2D eigenvalue weighted by Crippen LogP contribution is -2.37. The van der Waals surface area contributed by atoms with Crippen LogP contribution in [0.4, 0.5) is 4.39 Å². The molecule has 1 saturated heterocycles. The van der Waals surface area contributed by atoms with E-state index < -0.39 is 0 Å². The lowest BCUT2D eigenvalue weighted by molar-refractivity contribution is -0.122. The lowest BCUT2D eigenvalue weighted by Gasteiger charge is -2.24. The second-order valence-electron chi connectivity index (χ2n) is 5.68. The molecule has 1 aromatic carbocycles. The number of halogens is 1. The molecule has 23 heavy (non-hydrogen) atoms. The highest BCUT2D eigenvalue weighted by Gasteiger charge is 2.28. The number of nitrogens with one attached hydrogen (secondary N) is 1. The van der Waals surface area contributed by atoms with Gasteiger partial charge in [-0.3, -0.25) is 4.79 Å². The molecule has 1 aromatic heterocycles. The number of nitrogens with zero attached hydrogens (tertiary/aromatic N) is 1. The van der Waals surface area contributed by atoms with E-state index in [0.29, 0.717) is 6.61 Å². The number of thiazole rings is 1. The summed E-state index contributed by atoms with van der Waals surface area (Å²) in [7, 11) is 0. The molecule has 6 heteroatoms. The summed E-state index contributed by atoms with van der Waals surface area (Å²) < 4.78 is 18.9. The van der Waals surface area contributed by atoms with Gasteiger partial charge in [0, 0.05) is 12.0 Å². The number of aromatic nitrogens is 1. The van der Waals surface area contributed by atoms with Crippen LogP contribution in [0.3, 0.4) is 0 Å². The molecule has 4 nitrogen and oxygen atoms in total. The number of carbonyl (C=O) groups is 1. The summed E-state index contributed by atoms with van der Waals surface area (Å²) in [6, 6.07) is 5.97. The van der Waals surface area contributed by atoms with Gasteiger partial charge in [-0.2, -0.15) is 0 Å². The van der Waals surface area contributed by atoms with Crippen molar-refractivity contribution in [2.75, 3.05) is 6.61 Å². The number of hydrogen-bond donors (Lipinski definition) is 1. The molecule has 0 aliphatic carbocycles. The fourth-order valence-electron chi connectivity index (χ4n) is 2.80. The topological polar surface area (TPSA) is 51.2 Å². The molecular formula is C17H19FN2O2S. The second kappa shape index (κ2) is 7.19. The van der Waals surface area contributed by atoms with Crippen molar-refractivity contribution < 1.29 is 13.9 Å². The predicted molar refractivity (Wildman–Crippen MR) is 86.8 cm³/mol. The Hall–Kier alpha value is -1.79. The Morgan fingerprint density at radius 3 is 2.87 bits per heavy atom. The van der Waals surface area contributed by atoms with Gasteiger partial charge in [0.25, 0.3) is 0 Å². The average Bonchev–Trinajstić information content (AvgIpc) is 3.18. The van der Waals surface area contributed by atoms with Gasteiger partial charge in [0.2, 0.25) is 5.91 Å². The maximum atomic E-state index is 13.2. The zero-order chi connectivity index (χ0) is 16.2. The Bertz CT molecular complexity index is 665. The summed E-state index contributed by atoms with van der Waals surface area (Å²) in [5, 5.41) is 5.87. The van der Waals surface area contributed by atoms with Crippen molar-refractivity contribution in [3.8, 4) is 0 Å². The van der Waals surface area contributed by atoms with E-state index in [2.05, 4.69) is 10.3 Å². The number of carbonyl (C=O) groups excluding carboxylic acids is 1. The highest BCUT2D eigenvalue weighted by molar-refractivity contribution is 7.09. The molecule has 1 N–H and O–H groups in total. The molecule has 2 atom stereocenters. The first-order chi connectivity index (χ1) is 11.1. The third-order valence-corrected chi connectivity index (χ3v) is 4.71. The van der Waals surface area contributed by atoms with E-state index in [1.807, 2.05) is 12.3 Å². The van der Waals surface area contributed by atoms with Crippen molar-refractivity contribution in [3.63, 3.8) is 0 Å². The number of rotatable bonds is 5. The molecule has 2 heterocycles. The quantitative estimate of drug-likeness (QED) is 0.914. The van der Waals surface area contributed by atoms with E-state index in [9.17, 15) is 9.18 Å². The van der Waals surface area contributed by atoms with E-state index in [-0.39, 0.29) is 30.3 Å². The predicted octanol–water partition coefficient (Wildman–Crippen LogP) is 3.17. The SMILES string of the molecule is Cc1nc(CC(=O)N[C@@H](c2ccc(F)cc2)[C@H]2CCCO2)cs1. The van der Waals surface area contributed by atoms with Crippen LogP contribution in [0, 0.1) is 12.7 Å². The zero-order valence-corrected chi connectivity index (χ0v) is 13.7. The number of amides is 1. The maximum absolute atomic E-state index is 13.2. The molecule has 1 amide bonds. The summed E-state index contributed by atoms with van der Waals surface area (Å²) in [6.07, 6.45) is 2.04. The van der Waals surface area contributed by atoms with Crippen molar-refractivity contribution in [1.82, 2.24) is 10.3 Å². The van der Waals surface area contributed by atoms with Crippen LogP contribution >= 0.6 is 11.3 Å². The van der Waals surface area contributed by atoms with Crippen LogP contribution in [0.2, 0.25) is 0 Å². The molecule has 0 saturated carbocycles. The summed E-state index contributed by atoms with van der Waals surface area (Å²) in [4.78, 5) is 16.7. The standard InChI is InChI=1S/C17H19FN2O2S/c1-11-19-14(10-23-11)9-16(21)20-17(15-3-2-8-22-15)12-4-6-13(18)7-5-12/h4-7,10,15,17H,2-3,8-9H2,1H3,(H,20,21)/t15-,17+/m1/s1. The molecule has 1 aliphatic rings. The molecule has 3 rings (SSSR count). The highest BCUT2D eigenvalue weighted by atomic mass is 32.1. The van der Waals surface area contributed by atoms with Gasteiger partial charge in [-0.15, -0.1) is 11.3 Å². The Balaban J connectivity index is 1.72. The molecule has 0 radical (unpaired) electrons. The maximum Gasteiger partial charge on any atom is 0.226 e. The summed E-state index contributed by atoms with van der Waals surface area (Å²) in [5.41, 5.74) is 1.64. The Morgan fingerprint density at radius 2 is 2.26 bits per heavy atom. The summed E-state index contributed by atoms with van der Waals surface area (Å²) >= 11 is 1.53. The van der Waals surface area contributed by atoms with Gasteiger partial charge in [-0.05, 0) is 37.5 Å². The minimum absolute atomic E-state index is 0.0680. The first-order valence-electron chi connectivity index (χ1n) is 7.69. The van der Waals surface area contributed by atoms with Crippen LogP contribution in [-0.4, -0.2) is 23.6 Å². The van der Waals surface area contributed by atoms with Crippen LogP contribution in [0.15, 0.2) is 29.6 Å². The van der Waals surface area contributed by atoms with Gasteiger partial charge in [0.05, 0.1) is 29.3 Å². The molecule has 0 bridgehead atoms. The highest BCUT2D eigenvalue weighted by Crippen LogP contribution is 2.27. The lowest BCUT2D eigenvalue weighted by atomic mass is 9.99. The molecule has 122 valence electrons. The van der Waals surface area contributed by atoms with Crippen LogP contribution in [0.1, 0.15) is 35.1 Å². The molecule has 1 fully saturated rings. The van der Waals surface area contributed by atoms with Crippen molar-refractivity contribution in [2.45, 2.75) is 38.3 Å². The zero-order valence-electron chi connectivity index (χ0n) is 12.9. The second-order valence-corrected chi connectivity index (χ2v) is 6.75. The summed E-state index contributed by atoms with van der Waals surface area (Å²) in [5.74, 6) is -0.385. The van der Waals surface area contributed by atoms with Crippen molar-refractivity contribution in [3.05, 3.63) is 51.7 Å². The minimum Gasteiger partial charge on any atom is -0.376 e. The largest absolute Gasteiger partial charge is 0.376 e. The monoisotopic (exact) mass is 334 g/mol. The van der Waals surface area contributed by atoms with E-state index >= 15 is 0 Å². The van der Waals surface area contributed by atoms with Crippen LogP contribution in [0.5, 0.6) is 0 Å². The van der Waals surface area contributed by atoms with Crippen molar-refractivity contribution in [2.24, 2.45) is 0 Å². The normalized spacial score (nSPS) is 18.8. The first-order valence-corrected chi connectivity index (χ1v) is 8.57. The fraction of sp³-hybridized carbons (Fsp3) is 0.412. The van der Waals surface area contributed by atoms with Crippen LogP contribution in [0.25, 0.3) is 0 Å². The first kappa shape index (κ1) is 16.1. The Morgan fingerprint density at radius 1 is 1.48 bits per heavy atom. The number of benzene rings is 1. The van der Waals surface area contributed by atoms with Gasteiger partial charge in [0.15, 0.2) is 0 Å². The third kappa shape index (κ3) is 4.14. The van der Waals surface area contributed by atoms with Crippen LogP contribution < -0.4 is 5.32 Å². The van der Waals surface area contributed by atoms with Gasteiger partial charge in [-0.25, -0.2) is 9.37 Å². The summed E-state index contributed by atoms with van der Waals surface area (Å²) in [6.45, 7) is 2.61. The van der Waals surface area contributed by atoms with Crippen LogP contribution in [-0.2, 0) is 16.0 Å². The molecule has 2 aromatic rings. The number of aryl methyl sites for hydroxylation is 1. The van der Waals surface area contributed by atoms with E-state index in [1.54, 1.807) is 12.1 Å². The van der Waals surface area contributed by atoms with Gasteiger partial charge >= 0.3 is 0 Å². The molecule has 1 aliphatic heterocycles. The minimum atomic E-state index is -0.288. The fourth-order valence-corrected chi connectivity index (χ4v) is 3.42. The number of ether oxygens (including phenoxy) is 1. The average molecular weight is 334 g/mol. The van der Waals surface area contributed by atoms with Gasteiger partial charge in [0.1, 0.15) is 5.82 Å².